The molecule has 1 aliphatic heterocycles. The summed E-state index contributed by atoms with van der Waals surface area (Å²) in [4.78, 5) is 14.8. The van der Waals surface area contributed by atoms with Gasteiger partial charge in [0.2, 0.25) is 0 Å². The van der Waals surface area contributed by atoms with Crippen molar-refractivity contribution >= 4 is 18.3 Å². The van der Waals surface area contributed by atoms with Gasteiger partial charge in [0, 0.05) is 12.6 Å². The molecule has 1 aromatic heterocycles. The minimum absolute atomic E-state index is 0. The number of carbonyl (C=O) groups excluding carboxylic acids is 1. The Bertz CT molecular complexity index is 479. The lowest BCUT2D eigenvalue weighted by molar-refractivity contribution is 0.0603. The van der Waals surface area contributed by atoms with Gasteiger partial charge in [-0.05, 0) is 51.6 Å². The molecule has 0 radical (unpaired) electrons. The van der Waals surface area contributed by atoms with Crippen molar-refractivity contribution in [2.75, 3.05) is 13.1 Å². The summed E-state index contributed by atoms with van der Waals surface area (Å²) in [6.07, 6.45) is 4.92. The molecule has 5 nitrogen and oxygen atoms in total. The second-order valence-corrected chi connectivity index (χ2v) is 5.43. The standard InChI is InChI=1S/C15H24N4O.ClH/c1-3-14-13(10-11(2)17-18-14)15(20)19-9-5-4-6-12(19)7-8-16;/h10,12H,3-9,16H2,1-2H3;1H. The lowest BCUT2D eigenvalue weighted by Crippen LogP contribution is -2.45. The maximum Gasteiger partial charge on any atom is 0.256 e. The quantitative estimate of drug-likeness (QED) is 0.924. The average Bonchev–Trinajstić information content (AvgIpc) is 2.47. The van der Waals surface area contributed by atoms with Gasteiger partial charge in [-0.2, -0.15) is 10.2 Å². The minimum atomic E-state index is 0. The van der Waals surface area contributed by atoms with Crippen molar-refractivity contribution in [2.24, 2.45) is 5.73 Å². The molecule has 1 amide bonds. The molecular weight excluding hydrogens is 288 g/mol. The first-order valence-electron chi connectivity index (χ1n) is 7.51. The Kier molecular flexibility index (Phi) is 7.05. The van der Waals surface area contributed by atoms with Gasteiger partial charge in [-0.3, -0.25) is 4.79 Å². The summed E-state index contributed by atoms with van der Waals surface area (Å²) in [7, 11) is 0. The smallest absolute Gasteiger partial charge is 0.256 e. The molecule has 0 saturated carbocycles. The van der Waals surface area contributed by atoms with Crippen molar-refractivity contribution < 1.29 is 4.79 Å². The number of hydrogen-bond acceptors (Lipinski definition) is 4. The van der Waals surface area contributed by atoms with Crippen LogP contribution in [0.15, 0.2) is 6.07 Å². The molecule has 1 aromatic rings. The van der Waals surface area contributed by atoms with E-state index in [1.807, 2.05) is 24.8 Å². The number of halogens is 1. The zero-order valence-corrected chi connectivity index (χ0v) is 13.7. The van der Waals surface area contributed by atoms with E-state index in [9.17, 15) is 4.79 Å². The SMILES string of the molecule is CCc1nnc(C)cc1C(=O)N1CCCCC1CCN.Cl. The molecule has 0 spiro atoms. The lowest BCUT2D eigenvalue weighted by Gasteiger charge is -2.36. The molecule has 1 atom stereocenters. The topological polar surface area (TPSA) is 72.1 Å². The van der Waals surface area contributed by atoms with E-state index in [1.54, 1.807) is 0 Å². The molecule has 2 N–H and O–H groups in total. The predicted octanol–water partition coefficient (Wildman–Crippen LogP) is 2.11. The van der Waals surface area contributed by atoms with Crippen molar-refractivity contribution in [1.29, 1.82) is 0 Å². The normalized spacial score (nSPS) is 18.2. The van der Waals surface area contributed by atoms with Crippen LogP contribution in [0.5, 0.6) is 0 Å². The van der Waals surface area contributed by atoms with Crippen molar-refractivity contribution in [3.8, 4) is 0 Å². The number of piperidine rings is 1. The molecule has 1 aliphatic rings. The maximum atomic E-state index is 12.8. The molecule has 1 unspecified atom stereocenters. The number of nitrogens with zero attached hydrogens (tertiary/aromatic N) is 3. The van der Waals surface area contributed by atoms with Crippen molar-refractivity contribution in [2.45, 2.75) is 52.0 Å². The van der Waals surface area contributed by atoms with Crippen LogP contribution < -0.4 is 5.73 Å². The first-order valence-corrected chi connectivity index (χ1v) is 7.51. The molecule has 6 heteroatoms. The van der Waals surface area contributed by atoms with Crippen molar-refractivity contribution in [1.82, 2.24) is 15.1 Å². The minimum Gasteiger partial charge on any atom is -0.336 e. The van der Waals surface area contributed by atoms with Gasteiger partial charge >= 0.3 is 0 Å². The third kappa shape index (κ3) is 4.14. The van der Waals surface area contributed by atoms with Gasteiger partial charge in [0.25, 0.3) is 5.91 Å². The average molecular weight is 313 g/mol. The van der Waals surface area contributed by atoms with Crippen molar-refractivity contribution in [3.05, 3.63) is 23.0 Å². The molecule has 118 valence electrons. The number of hydrogen-bond donors (Lipinski definition) is 1. The molecular formula is C15H25ClN4O. The highest BCUT2D eigenvalue weighted by molar-refractivity contribution is 5.95. The fourth-order valence-electron chi connectivity index (χ4n) is 2.88. The fraction of sp³-hybridized carbons (Fsp3) is 0.667. The highest BCUT2D eigenvalue weighted by atomic mass is 35.5. The van der Waals surface area contributed by atoms with E-state index in [2.05, 4.69) is 10.2 Å². The Morgan fingerprint density at radius 2 is 2.19 bits per heavy atom. The highest BCUT2D eigenvalue weighted by Gasteiger charge is 2.28. The molecule has 0 aromatic carbocycles. The Balaban J connectivity index is 0.00000220. The van der Waals surface area contributed by atoms with Gasteiger partial charge in [-0.1, -0.05) is 6.92 Å². The highest BCUT2D eigenvalue weighted by Crippen LogP contribution is 2.22. The van der Waals surface area contributed by atoms with Gasteiger partial charge in [0.1, 0.15) is 0 Å². The van der Waals surface area contributed by atoms with Gasteiger partial charge in [0.05, 0.1) is 17.0 Å². The summed E-state index contributed by atoms with van der Waals surface area (Å²) in [6, 6.07) is 2.14. The molecule has 0 aliphatic carbocycles. The van der Waals surface area contributed by atoms with Crippen molar-refractivity contribution in [3.63, 3.8) is 0 Å². The van der Waals surface area contributed by atoms with Crippen LogP contribution in [0, 0.1) is 6.92 Å². The van der Waals surface area contributed by atoms with E-state index in [1.165, 1.54) is 6.42 Å². The summed E-state index contributed by atoms with van der Waals surface area (Å²) in [6.45, 7) is 5.33. The summed E-state index contributed by atoms with van der Waals surface area (Å²) in [5, 5.41) is 8.21. The maximum absolute atomic E-state index is 12.8. The largest absolute Gasteiger partial charge is 0.336 e. The van der Waals surface area contributed by atoms with Gasteiger partial charge in [0.15, 0.2) is 0 Å². The van der Waals surface area contributed by atoms with Crippen LogP contribution >= 0.6 is 12.4 Å². The van der Waals surface area contributed by atoms with Crippen LogP contribution in [0.1, 0.15) is 54.4 Å². The number of rotatable bonds is 4. The zero-order valence-electron chi connectivity index (χ0n) is 12.8. The number of aryl methyl sites for hydroxylation is 2. The number of amides is 1. The summed E-state index contributed by atoms with van der Waals surface area (Å²) in [5.41, 5.74) is 7.97. The lowest BCUT2D eigenvalue weighted by atomic mass is 9.97. The van der Waals surface area contributed by atoms with Crippen LogP contribution in [0.2, 0.25) is 0 Å². The second kappa shape index (κ2) is 8.29. The molecule has 1 fully saturated rings. The number of likely N-dealkylation sites (tertiary alicyclic amines) is 1. The first kappa shape index (κ1) is 17.9. The van der Waals surface area contributed by atoms with E-state index in [4.69, 9.17) is 5.73 Å². The Morgan fingerprint density at radius 1 is 1.43 bits per heavy atom. The third-order valence-corrected chi connectivity index (χ3v) is 3.95. The Labute approximate surface area is 132 Å². The van der Waals surface area contributed by atoms with E-state index in [-0.39, 0.29) is 24.4 Å². The molecule has 0 bridgehead atoms. The van der Waals surface area contributed by atoms with E-state index < -0.39 is 0 Å². The fourth-order valence-corrected chi connectivity index (χ4v) is 2.88. The molecule has 2 heterocycles. The van der Waals surface area contributed by atoms with E-state index >= 15 is 0 Å². The monoisotopic (exact) mass is 312 g/mol. The van der Waals surface area contributed by atoms with Crippen LogP contribution in [0.4, 0.5) is 0 Å². The summed E-state index contributed by atoms with van der Waals surface area (Å²) in [5.74, 6) is 0.0954. The van der Waals surface area contributed by atoms with Crippen LogP contribution in [-0.2, 0) is 6.42 Å². The summed E-state index contributed by atoms with van der Waals surface area (Å²) >= 11 is 0. The first-order chi connectivity index (χ1) is 9.67. The number of nitrogens with two attached hydrogens (primary N) is 1. The van der Waals surface area contributed by atoms with E-state index in [0.29, 0.717) is 12.1 Å². The predicted molar refractivity (Wildman–Crippen MR) is 85.7 cm³/mol. The number of aromatic nitrogens is 2. The Hall–Kier alpha value is -1.20. The van der Waals surface area contributed by atoms with Crippen LogP contribution in [0.3, 0.4) is 0 Å². The third-order valence-electron chi connectivity index (χ3n) is 3.95. The van der Waals surface area contributed by atoms with Gasteiger partial charge in [-0.15, -0.1) is 12.4 Å². The van der Waals surface area contributed by atoms with Crippen LogP contribution in [-0.4, -0.2) is 40.1 Å². The molecule has 21 heavy (non-hydrogen) atoms. The summed E-state index contributed by atoms with van der Waals surface area (Å²) < 4.78 is 0. The van der Waals surface area contributed by atoms with Gasteiger partial charge in [-0.25, -0.2) is 0 Å². The Morgan fingerprint density at radius 3 is 2.86 bits per heavy atom. The van der Waals surface area contributed by atoms with Gasteiger partial charge < -0.3 is 10.6 Å². The molecule has 1 saturated heterocycles. The zero-order chi connectivity index (χ0) is 14.5. The number of carbonyl (C=O) groups is 1. The second-order valence-electron chi connectivity index (χ2n) is 5.43. The molecule has 2 rings (SSSR count). The van der Waals surface area contributed by atoms with E-state index in [0.717, 1.165) is 43.6 Å². The van der Waals surface area contributed by atoms with Crippen LogP contribution in [0.25, 0.3) is 0 Å².